The summed E-state index contributed by atoms with van der Waals surface area (Å²) in [5.74, 6) is 0. The Morgan fingerprint density at radius 3 is 2.29 bits per heavy atom. The Kier molecular flexibility index (Phi) is 5.62. The number of rotatable bonds is 6. The second kappa shape index (κ2) is 6.74. The van der Waals surface area contributed by atoms with E-state index in [-0.39, 0.29) is 6.04 Å². The SMILES string of the molecule is COCCN(C)C(CN)c1cc(C)cc(C)c1. The average Bonchev–Trinajstić information content (AvgIpc) is 2.26. The van der Waals surface area contributed by atoms with Gasteiger partial charge in [0.2, 0.25) is 0 Å². The maximum absolute atomic E-state index is 5.90. The van der Waals surface area contributed by atoms with Crippen molar-refractivity contribution in [3.63, 3.8) is 0 Å². The Hall–Kier alpha value is -0.900. The number of benzene rings is 1. The van der Waals surface area contributed by atoms with Crippen molar-refractivity contribution in [2.75, 3.05) is 33.9 Å². The van der Waals surface area contributed by atoms with Crippen LogP contribution in [0.15, 0.2) is 18.2 Å². The molecule has 1 rings (SSSR count). The fraction of sp³-hybridized carbons (Fsp3) is 0.571. The summed E-state index contributed by atoms with van der Waals surface area (Å²) in [6.45, 7) is 6.50. The van der Waals surface area contributed by atoms with Gasteiger partial charge in [0.15, 0.2) is 0 Å². The molecule has 1 aromatic carbocycles. The lowest BCUT2D eigenvalue weighted by atomic mass is 10.0. The van der Waals surface area contributed by atoms with E-state index in [1.54, 1.807) is 7.11 Å². The molecule has 0 aliphatic heterocycles. The van der Waals surface area contributed by atoms with E-state index in [1.807, 2.05) is 0 Å². The van der Waals surface area contributed by atoms with Gasteiger partial charge in [0.25, 0.3) is 0 Å². The molecule has 1 unspecified atom stereocenters. The summed E-state index contributed by atoms with van der Waals surface area (Å²) in [6.07, 6.45) is 0. The molecule has 17 heavy (non-hydrogen) atoms. The third-order valence-electron chi connectivity index (χ3n) is 3.03. The first-order valence-corrected chi connectivity index (χ1v) is 6.06. The number of nitrogens with two attached hydrogens (primary N) is 1. The van der Waals surface area contributed by atoms with Crippen molar-refractivity contribution in [1.82, 2.24) is 4.90 Å². The zero-order valence-electron chi connectivity index (χ0n) is 11.4. The summed E-state index contributed by atoms with van der Waals surface area (Å²) >= 11 is 0. The van der Waals surface area contributed by atoms with Crippen LogP contribution in [0.3, 0.4) is 0 Å². The molecule has 0 heterocycles. The van der Waals surface area contributed by atoms with E-state index in [0.29, 0.717) is 6.54 Å². The first kappa shape index (κ1) is 14.2. The number of hydrogen-bond acceptors (Lipinski definition) is 3. The molecule has 0 aliphatic rings. The molecule has 2 N–H and O–H groups in total. The summed E-state index contributed by atoms with van der Waals surface area (Å²) in [6, 6.07) is 6.89. The van der Waals surface area contributed by atoms with Gasteiger partial charge in [0.05, 0.1) is 6.61 Å². The molecule has 1 aromatic rings. The van der Waals surface area contributed by atoms with Crippen molar-refractivity contribution in [2.45, 2.75) is 19.9 Å². The predicted molar refractivity (Wildman–Crippen MR) is 72.2 cm³/mol. The second-order valence-corrected chi connectivity index (χ2v) is 4.65. The van der Waals surface area contributed by atoms with Crippen LogP contribution in [0.4, 0.5) is 0 Å². The van der Waals surface area contributed by atoms with E-state index >= 15 is 0 Å². The molecule has 3 heteroatoms. The van der Waals surface area contributed by atoms with Gasteiger partial charge in [0.1, 0.15) is 0 Å². The van der Waals surface area contributed by atoms with Gasteiger partial charge in [-0.3, -0.25) is 4.90 Å². The minimum atomic E-state index is 0.267. The number of likely N-dealkylation sites (N-methyl/N-ethyl adjacent to an activating group) is 1. The summed E-state index contributed by atoms with van der Waals surface area (Å²) in [4.78, 5) is 2.25. The third-order valence-corrected chi connectivity index (χ3v) is 3.03. The highest BCUT2D eigenvalue weighted by Crippen LogP contribution is 2.20. The zero-order valence-corrected chi connectivity index (χ0v) is 11.4. The molecule has 0 spiro atoms. The van der Waals surface area contributed by atoms with Crippen LogP contribution in [0.2, 0.25) is 0 Å². The number of ether oxygens (including phenoxy) is 1. The van der Waals surface area contributed by atoms with Crippen molar-refractivity contribution in [3.05, 3.63) is 34.9 Å². The van der Waals surface area contributed by atoms with Crippen LogP contribution in [-0.4, -0.2) is 38.8 Å². The van der Waals surface area contributed by atoms with Crippen LogP contribution >= 0.6 is 0 Å². The molecule has 0 aliphatic carbocycles. The fourth-order valence-corrected chi connectivity index (χ4v) is 2.16. The van der Waals surface area contributed by atoms with Gasteiger partial charge in [-0.15, -0.1) is 0 Å². The smallest absolute Gasteiger partial charge is 0.0589 e. The minimum absolute atomic E-state index is 0.267. The van der Waals surface area contributed by atoms with Gasteiger partial charge >= 0.3 is 0 Å². The second-order valence-electron chi connectivity index (χ2n) is 4.65. The minimum Gasteiger partial charge on any atom is -0.383 e. The highest BCUT2D eigenvalue weighted by Gasteiger charge is 2.15. The first-order valence-electron chi connectivity index (χ1n) is 6.06. The van der Waals surface area contributed by atoms with Crippen molar-refractivity contribution in [1.29, 1.82) is 0 Å². The van der Waals surface area contributed by atoms with Gasteiger partial charge in [-0.05, 0) is 26.5 Å². The molecular formula is C14H24N2O. The van der Waals surface area contributed by atoms with Crippen LogP contribution in [0.1, 0.15) is 22.7 Å². The van der Waals surface area contributed by atoms with Crippen LogP contribution in [-0.2, 0) is 4.74 Å². The summed E-state index contributed by atoms with van der Waals surface area (Å²) in [5, 5.41) is 0. The lowest BCUT2D eigenvalue weighted by molar-refractivity contribution is 0.140. The quantitative estimate of drug-likeness (QED) is 0.819. The number of aryl methyl sites for hydroxylation is 2. The lowest BCUT2D eigenvalue weighted by Gasteiger charge is -2.27. The van der Waals surface area contributed by atoms with Gasteiger partial charge in [-0.1, -0.05) is 29.3 Å². The van der Waals surface area contributed by atoms with E-state index in [9.17, 15) is 0 Å². The van der Waals surface area contributed by atoms with E-state index in [1.165, 1.54) is 16.7 Å². The lowest BCUT2D eigenvalue weighted by Crippen LogP contribution is -2.33. The molecule has 0 aromatic heterocycles. The van der Waals surface area contributed by atoms with E-state index in [4.69, 9.17) is 10.5 Å². The largest absolute Gasteiger partial charge is 0.383 e. The van der Waals surface area contributed by atoms with E-state index < -0.39 is 0 Å². The Morgan fingerprint density at radius 1 is 1.24 bits per heavy atom. The number of methoxy groups -OCH3 is 1. The molecule has 0 saturated carbocycles. The standard InChI is InChI=1S/C14H24N2O/c1-11-7-12(2)9-13(8-11)14(10-15)16(3)5-6-17-4/h7-9,14H,5-6,10,15H2,1-4H3. The highest BCUT2D eigenvalue weighted by atomic mass is 16.5. The Labute approximate surface area is 105 Å². The van der Waals surface area contributed by atoms with Gasteiger partial charge in [-0.25, -0.2) is 0 Å². The number of hydrogen-bond donors (Lipinski definition) is 1. The average molecular weight is 236 g/mol. The summed E-state index contributed by atoms with van der Waals surface area (Å²) in [7, 11) is 3.82. The molecule has 0 bridgehead atoms. The van der Waals surface area contributed by atoms with Crippen LogP contribution in [0, 0.1) is 13.8 Å². The Balaban J connectivity index is 2.84. The van der Waals surface area contributed by atoms with Gasteiger partial charge in [-0.2, -0.15) is 0 Å². The van der Waals surface area contributed by atoms with Crippen molar-refractivity contribution in [3.8, 4) is 0 Å². The van der Waals surface area contributed by atoms with Crippen LogP contribution in [0.5, 0.6) is 0 Å². The molecule has 0 fully saturated rings. The zero-order chi connectivity index (χ0) is 12.8. The Morgan fingerprint density at radius 2 is 1.82 bits per heavy atom. The molecular weight excluding hydrogens is 212 g/mol. The van der Waals surface area contributed by atoms with Gasteiger partial charge in [0, 0.05) is 26.2 Å². The molecule has 1 atom stereocenters. The maximum atomic E-state index is 5.90. The van der Waals surface area contributed by atoms with E-state index in [0.717, 1.165) is 13.2 Å². The molecule has 3 nitrogen and oxygen atoms in total. The topological polar surface area (TPSA) is 38.5 Å². The predicted octanol–water partition coefficient (Wildman–Crippen LogP) is 1.88. The molecule has 0 saturated heterocycles. The monoisotopic (exact) mass is 236 g/mol. The fourth-order valence-electron chi connectivity index (χ4n) is 2.16. The summed E-state index contributed by atoms with van der Waals surface area (Å²) in [5.41, 5.74) is 9.77. The maximum Gasteiger partial charge on any atom is 0.0589 e. The van der Waals surface area contributed by atoms with Crippen molar-refractivity contribution in [2.24, 2.45) is 5.73 Å². The highest BCUT2D eigenvalue weighted by molar-refractivity contribution is 5.30. The van der Waals surface area contributed by atoms with Crippen molar-refractivity contribution >= 4 is 0 Å². The normalized spacial score (nSPS) is 13.1. The molecule has 96 valence electrons. The molecule has 0 radical (unpaired) electrons. The number of nitrogens with zero attached hydrogens (tertiary/aromatic N) is 1. The molecule has 0 amide bonds. The summed E-state index contributed by atoms with van der Waals surface area (Å²) < 4.78 is 5.11. The van der Waals surface area contributed by atoms with E-state index in [2.05, 4.69) is 44.0 Å². The first-order chi connectivity index (χ1) is 8.08. The van der Waals surface area contributed by atoms with Crippen LogP contribution in [0.25, 0.3) is 0 Å². The third kappa shape index (κ3) is 4.11. The van der Waals surface area contributed by atoms with Crippen molar-refractivity contribution < 1.29 is 4.74 Å². The van der Waals surface area contributed by atoms with Gasteiger partial charge < -0.3 is 10.5 Å². The van der Waals surface area contributed by atoms with Crippen LogP contribution < -0.4 is 5.73 Å². The Bertz CT molecular complexity index is 332.